The summed E-state index contributed by atoms with van der Waals surface area (Å²) in [5, 5.41) is 0. The van der Waals surface area contributed by atoms with Crippen molar-refractivity contribution in [3.63, 3.8) is 0 Å². The predicted octanol–water partition coefficient (Wildman–Crippen LogP) is 3.73. The Bertz CT molecular complexity index is 426. The molecule has 1 heterocycles. The first kappa shape index (κ1) is 12.6. The minimum Gasteiger partial charge on any atom is -0.334 e. The fourth-order valence-corrected chi connectivity index (χ4v) is 2.82. The number of fused-ring (bicyclic) bond motifs is 1. The minimum absolute atomic E-state index is 0.188. The Kier molecular flexibility index (Phi) is 3.87. The highest BCUT2D eigenvalue weighted by atomic mass is 79.9. The molecule has 0 saturated heterocycles. The van der Waals surface area contributed by atoms with Crippen molar-refractivity contribution in [2.24, 2.45) is 5.92 Å². The number of benzene rings is 1. The zero-order chi connectivity index (χ0) is 12.4. The molecule has 17 heavy (non-hydrogen) atoms. The van der Waals surface area contributed by atoms with Crippen LogP contribution >= 0.6 is 15.9 Å². The summed E-state index contributed by atoms with van der Waals surface area (Å²) >= 11 is 3.47. The normalized spacial score (nSPS) is 14.2. The van der Waals surface area contributed by atoms with E-state index in [1.807, 2.05) is 11.0 Å². The SMILES string of the molecule is CCC(CC)C(=O)N1Cc2ccc(Br)cc2C1. The van der Waals surface area contributed by atoms with E-state index in [1.54, 1.807) is 0 Å². The average molecular weight is 296 g/mol. The van der Waals surface area contributed by atoms with Crippen molar-refractivity contribution in [3.8, 4) is 0 Å². The van der Waals surface area contributed by atoms with Crippen molar-refractivity contribution in [2.75, 3.05) is 0 Å². The van der Waals surface area contributed by atoms with Crippen molar-refractivity contribution in [1.29, 1.82) is 0 Å². The molecule has 0 radical (unpaired) electrons. The van der Waals surface area contributed by atoms with Crippen LogP contribution in [0.15, 0.2) is 22.7 Å². The van der Waals surface area contributed by atoms with E-state index in [2.05, 4.69) is 41.9 Å². The summed E-state index contributed by atoms with van der Waals surface area (Å²) in [7, 11) is 0. The molecular formula is C14H18BrNO. The van der Waals surface area contributed by atoms with Gasteiger partial charge in [0.25, 0.3) is 0 Å². The van der Waals surface area contributed by atoms with Gasteiger partial charge < -0.3 is 4.90 Å². The average Bonchev–Trinajstić information content (AvgIpc) is 2.73. The summed E-state index contributed by atoms with van der Waals surface area (Å²) < 4.78 is 1.09. The molecular weight excluding hydrogens is 278 g/mol. The molecule has 1 amide bonds. The van der Waals surface area contributed by atoms with Crippen LogP contribution in [0.5, 0.6) is 0 Å². The number of amides is 1. The number of carbonyl (C=O) groups excluding carboxylic acids is 1. The highest BCUT2D eigenvalue weighted by molar-refractivity contribution is 9.10. The van der Waals surface area contributed by atoms with E-state index in [0.717, 1.165) is 30.4 Å². The largest absolute Gasteiger partial charge is 0.334 e. The summed E-state index contributed by atoms with van der Waals surface area (Å²) in [4.78, 5) is 14.3. The molecule has 0 spiro atoms. The third-order valence-electron chi connectivity index (χ3n) is 3.54. The van der Waals surface area contributed by atoms with E-state index in [4.69, 9.17) is 0 Å². The second kappa shape index (κ2) is 5.21. The van der Waals surface area contributed by atoms with E-state index >= 15 is 0 Å². The number of carbonyl (C=O) groups is 1. The fourth-order valence-electron chi connectivity index (χ4n) is 2.42. The van der Waals surface area contributed by atoms with Gasteiger partial charge in [-0.3, -0.25) is 4.79 Å². The summed E-state index contributed by atoms with van der Waals surface area (Å²) in [5.74, 6) is 0.495. The molecule has 0 aliphatic carbocycles. The highest BCUT2D eigenvalue weighted by Gasteiger charge is 2.27. The molecule has 0 N–H and O–H groups in total. The fraction of sp³-hybridized carbons (Fsp3) is 0.500. The molecule has 1 aromatic rings. The van der Waals surface area contributed by atoms with Crippen LogP contribution in [0.4, 0.5) is 0 Å². The van der Waals surface area contributed by atoms with Crippen LogP contribution in [0.1, 0.15) is 37.8 Å². The monoisotopic (exact) mass is 295 g/mol. The second-order valence-electron chi connectivity index (χ2n) is 4.62. The van der Waals surface area contributed by atoms with Gasteiger partial charge in [-0.15, -0.1) is 0 Å². The summed E-state index contributed by atoms with van der Waals surface area (Å²) in [6.45, 7) is 5.72. The van der Waals surface area contributed by atoms with Crippen molar-refractivity contribution in [3.05, 3.63) is 33.8 Å². The first-order valence-corrected chi connectivity index (χ1v) is 7.01. The molecule has 0 bridgehead atoms. The number of nitrogens with zero attached hydrogens (tertiary/aromatic N) is 1. The lowest BCUT2D eigenvalue weighted by Crippen LogP contribution is -2.31. The van der Waals surface area contributed by atoms with Gasteiger partial charge in [0.1, 0.15) is 0 Å². The van der Waals surface area contributed by atoms with Gasteiger partial charge in [0.2, 0.25) is 5.91 Å². The van der Waals surface area contributed by atoms with Gasteiger partial charge in [-0.05, 0) is 36.1 Å². The maximum absolute atomic E-state index is 12.3. The first-order valence-electron chi connectivity index (χ1n) is 6.21. The molecule has 1 aromatic carbocycles. The Morgan fingerprint density at radius 3 is 2.59 bits per heavy atom. The van der Waals surface area contributed by atoms with E-state index in [-0.39, 0.29) is 5.92 Å². The molecule has 0 unspecified atom stereocenters. The second-order valence-corrected chi connectivity index (χ2v) is 5.54. The first-order chi connectivity index (χ1) is 8.15. The van der Waals surface area contributed by atoms with E-state index < -0.39 is 0 Å². The molecule has 0 fully saturated rings. The van der Waals surface area contributed by atoms with Gasteiger partial charge in [0.15, 0.2) is 0 Å². The minimum atomic E-state index is 0.188. The van der Waals surface area contributed by atoms with Gasteiger partial charge in [-0.2, -0.15) is 0 Å². The maximum Gasteiger partial charge on any atom is 0.226 e. The smallest absolute Gasteiger partial charge is 0.226 e. The van der Waals surface area contributed by atoms with Crippen LogP contribution in [0, 0.1) is 5.92 Å². The van der Waals surface area contributed by atoms with Crippen LogP contribution in [0.3, 0.4) is 0 Å². The molecule has 2 nitrogen and oxygen atoms in total. The van der Waals surface area contributed by atoms with Gasteiger partial charge >= 0.3 is 0 Å². The summed E-state index contributed by atoms with van der Waals surface area (Å²) in [6, 6.07) is 6.28. The van der Waals surface area contributed by atoms with Crippen molar-refractivity contribution < 1.29 is 4.79 Å². The molecule has 92 valence electrons. The summed E-state index contributed by atoms with van der Waals surface area (Å²) in [6.07, 6.45) is 1.87. The topological polar surface area (TPSA) is 20.3 Å². The van der Waals surface area contributed by atoms with Crippen molar-refractivity contribution >= 4 is 21.8 Å². The molecule has 0 atom stereocenters. The van der Waals surface area contributed by atoms with Gasteiger partial charge in [0, 0.05) is 23.5 Å². The Balaban J connectivity index is 2.12. The number of rotatable bonds is 3. The molecule has 1 aliphatic rings. The molecule has 0 saturated carbocycles. The zero-order valence-electron chi connectivity index (χ0n) is 10.4. The van der Waals surface area contributed by atoms with Gasteiger partial charge in [-0.1, -0.05) is 35.8 Å². The maximum atomic E-state index is 12.3. The van der Waals surface area contributed by atoms with Crippen LogP contribution in [-0.2, 0) is 17.9 Å². The third-order valence-corrected chi connectivity index (χ3v) is 4.03. The number of halogens is 1. The number of hydrogen-bond donors (Lipinski definition) is 0. The predicted molar refractivity (Wildman–Crippen MR) is 72.5 cm³/mol. The molecule has 3 heteroatoms. The Labute approximate surface area is 111 Å². The summed E-state index contributed by atoms with van der Waals surface area (Å²) in [5.41, 5.74) is 2.56. The van der Waals surface area contributed by atoms with Gasteiger partial charge in [-0.25, -0.2) is 0 Å². The van der Waals surface area contributed by atoms with Crippen LogP contribution in [-0.4, -0.2) is 10.8 Å². The van der Waals surface area contributed by atoms with Crippen molar-refractivity contribution in [2.45, 2.75) is 39.8 Å². The quantitative estimate of drug-likeness (QED) is 0.832. The lowest BCUT2D eigenvalue weighted by atomic mass is 10.0. The Morgan fingerprint density at radius 2 is 1.94 bits per heavy atom. The standard InChI is InChI=1S/C14H18BrNO/c1-3-10(4-2)14(17)16-8-11-5-6-13(15)7-12(11)9-16/h5-7,10H,3-4,8-9H2,1-2H3. The third kappa shape index (κ3) is 2.54. The van der Waals surface area contributed by atoms with E-state index in [0.29, 0.717) is 5.91 Å². The lowest BCUT2D eigenvalue weighted by Gasteiger charge is -2.21. The van der Waals surface area contributed by atoms with Crippen LogP contribution in [0.2, 0.25) is 0 Å². The Hall–Kier alpha value is -0.830. The van der Waals surface area contributed by atoms with Crippen molar-refractivity contribution in [1.82, 2.24) is 4.90 Å². The van der Waals surface area contributed by atoms with Crippen LogP contribution in [0.25, 0.3) is 0 Å². The van der Waals surface area contributed by atoms with Crippen LogP contribution < -0.4 is 0 Å². The Morgan fingerprint density at radius 1 is 1.29 bits per heavy atom. The molecule has 2 rings (SSSR count). The van der Waals surface area contributed by atoms with Gasteiger partial charge in [0.05, 0.1) is 0 Å². The highest BCUT2D eigenvalue weighted by Crippen LogP contribution is 2.27. The molecule has 1 aliphatic heterocycles. The van der Waals surface area contributed by atoms with E-state index in [1.165, 1.54) is 11.1 Å². The zero-order valence-corrected chi connectivity index (χ0v) is 12.0. The van der Waals surface area contributed by atoms with E-state index in [9.17, 15) is 4.79 Å². The molecule has 0 aromatic heterocycles. The lowest BCUT2D eigenvalue weighted by molar-refractivity contribution is -0.136. The number of hydrogen-bond acceptors (Lipinski definition) is 1.